The zero-order valence-corrected chi connectivity index (χ0v) is 12.0. The highest BCUT2D eigenvalue weighted by atomic mass is 32.2. The maximum absolute atomic E-state index is 11.4. The fraction of sp³-hybridized carbons (Fsp3) is 0.231. The molecule has 0 unspecified atom stereocenters. The van der Waals surface area contributed by atoms with Crippen LogP contribution in [-0.2, 0) is 10.5 Å². The number of thioether (sulfide) groups is 1. The van der Waals surface area contributed by atoms with Gasteiger partial charge in [0.05, 0.1) is 12.8 Å². The number of ether oxygens (including phenoxy) is 1. The van der Waals surface area contributed by atoms with E-state index in [1.165, 1.54) is 18.9 Å². The van der Waals surface area contributed by atoms with Gasteiger partial charge in [0.1, 0.15) is 11.5 Å². The molecule has 2 heterocycles. The summed E-state index contributed by atoms with van der Waals surface area (Å²) in [6.07, 6.45) is 0. The van der Waals surface area contributed by atoms with Crippen LogP contribution in [0.1, 0.15) is 21.9 Å². The van der Waals surface area contributed by atoms with Gasteiger partial charge in [0.2, 0.25) is 0 Å². The number of nitrogens with two attached hydrogens (primary N) is 1. The minimum Gasteiger partial charge on any atom is -0.464 e. The second-order valence-corrected chi connectivity index (χ2v) is 4.95. The van der Waals surface area contributed by atoms with E-state index in [9.17, 15) is 4.79 Å². The van der Waals surface area contributed by atoms with Crippen LogP contribution in [0.15, 0.2) is 29.4 Å². The van der Waals surface area contributed by atoms with Crippen molar-refractivity contribution < 1.29 is 9.53 Å². The number of anilines is 1. The zero-order valence-electron chi connectivity index (χ0n) is 11.2. The number of carbonyl (C=O) groups is 1. The van der Waals surface area contributed by atoms with Crippen molar-refractivity contribution in [3.05, 3.63) is 41.3 Å². The molecule has 7 heteroatoms. The third-order valence-electron chi connectivity index (χ3n) is 2.40. The first kappa shape index (κ1) is 14.3. The molecule has 0 saturated carbocycles. The first-order chi connectivity index (χ1) is 9.58. The number of nitrogens with zero attached hydrogens (tertiary/aromatic N) is 3. The number of carbonyl (C=O) groups excluding carboxylic acids is 1. The summed E-state index contributed by atoms with van der Waals surface area (Å²) in [5.41, 5.74) is 7.52. The molecule has 0 amide bonds. The number of hydrogen-bond acceptors (Lipinski definition) is 7. The van der Waals surface area contributed by atoms with Crippen molar-refractivity contribution in [3.63, 3.8) is 0 Å². The third-order valence-corrected chi connectivity index (χ3v) is 3.28. The van der Waals surface area contributed by atoms with Crippen LogP contribution in [-0.4, -0.2) is 28.0 Å². The van der Waals surface area contributed by atoms with Crippen LogP contribution in [0.3, 0.4) is 0 Å². The highest BCUT2D eigenvalue weighted by Gasteiger charge is 2.08. The summed E-state index contributed by atoms with van der Waals surface area (Å²) in [5.74, 6) is 0.539. The number of methoxy groups -OCH3 is 1. The number of rotatable bonds is 4. The molecule has 0 spiro atoms. The van der Waals surface area contributed by atoms with Gasteiger partial charge in [-0.25, -0.2) is 19.7 Å². The molecule has 20 heavy (non-hydrogen) atoms. The molecule has 0 aromatic carbocycles. The summed E-state index contributed by atoms with van der Waals surface area (Å²) in [6, 6.07) is 6.92. The maximum Gasteiger partial charge on any atom is 0.356 e. The number of nitrogen functional groups attached to an aromatic ring is 1. The van der Waals surface area contributed by atoms with Gasteiger partial charge in [-0.2, -0.15) is 0 Å². The van der Waals surface area contributed by atoms with Gasteiger partial charge in [-0.1, -0.05) is 17.8 Å². The van der Waals surface area contributed by atoms with E-state index >= 15 is 0 Å². The predicted molar refractivity (Wildman–Crippen MR) is 76.3 cm³/mol. The highest BCUT2D eigenvalue weighted by Crippen LogP contribution is 2.19. The Hall–Kier alpha value is -2.15. The molecule has 2 rings (SSSR count). The molecular weight excluding hydrogens is 276 g/mol. The molecular formula is C13H14N4O2S. The molecule has 0 saturated heterocycles. The van der Waals surface area contributed by atoms with Crippen molar-refractivity contribution in [1.82, 2.24) is 15.0 Å². The molecule has 104 valence electrons. The molecule has 0 bridgehead atoms. The van der Waals surface area contributed by atoms with Crippen molar-refractivity contribution in [1.29, 1.82) is 0 Å². The molecule has 6 nitrogen and oxygen atoms in total. The van der Waals surface area contributed by atoms with Crippen LogP contribution in [0.25, 0.3) is 0 Å². The van der Waals surface area contributed by atoms with Crippen LogP contribution in [0.4, 0.5) is 5.82 Å². The van der Waals surface area contributed by atoms with E-state index in [0.717, 1.165) is 11.4 Å². The minimum absolute atomic E-state index is 0.287. The van der Waals surface area contributed by atoms with E-state index in [2.05, 4.69) is 19.7 Å². The lowest BCUT2D eigenvalue weighted by molar-refractivity contribution is 0.0594. The fourth-order valence-corrected chi connectivity index (χ4v) is 2.36. The van der Waals surface area contributed by atoms with Crippen LogP contribution in [0.5, 0.6) is 0 Å². The quantitative estimate of drug-likeness (QED) is 0.522. The minimum atomic E-state index is -0.451. The van der Waals surface area contributed by atoms with E-state index in [1.54, 1.807) is 18.2 Å². The standard InChI is InChI=1S/C13H14N4O2S/c1-8-6-11(14)17-13(15-8)20-7-9-4-3-5-10(16-9)12(18)19-2/h3-6H,7H2,1-2H3,(H2,14,15,17). The average molecular weight is 290 g/mol. The van der Waals surface area contributed by atoms with Gasteiger partial charge in [0, 0.05) is 17.5 Å². The number of esters is 1. The molecule has 2 aromatic rings. The predicted octanol–water partition coefficient (Wildman–Crippen LogP) is 1.84. The van der Waals surface area contributed by atoms with Crippen molar-refractivity contribution in [2.24, 2.45) is 0 Å². The lowest BCUT2D eigenvalue weighted by atomic mass is 10.3. The highest BCUT2D eigenvalue weighted by molar-refractivity contribution is 7.98. The summed E-state index contributed by atoms with van der Waals surface area (Å²) in [6.45, 7) is 1.86. The van der Waals surface area contributed by atoms with E-state index in [4.69, 9.17) is 5.73 Å². The fourth-order valence-electron chi connectivity index (χ4n) is 1.55. The molecule has 0 fully saturated rings. The Morgan fingerprint density at radius 1 is 1.35 bits per heavy atom. The summed E-state index contributed by atoms with van der Waals surface area (Å²) in [7, 11) is 1.33. The van der Waals surface area contributed by atoms with E-state index in [1.807, 2.05) is 13.0 Å². The Bertz CT molecular complexity index is 613. The second-order valence-electron chi connectivity index (χ2n) is 4.01. The van der Waals surface area contributed by atoms with Gasteiger partial charge in [-0.05, 0) is 19.1 Å². The van der Waals surface area contributed by atoms with E-state index < -0.39 is 5.97 Å². The van der Waals surface area contributed by atoms with Crippen molar-refractivity contribution >= 4 is 23.5 Å². The SMILES string of the molecule is COC(=O)c1cccc(CSc2nc(C)cc(N)n2)n1. The van der Waals surface area contributed by atoms with Crippen LogP contribution in [0, 0.1) is 6.92 Å². The molecule has 0 aliphatic carbocycles. The Morgan fingerprint density at radius 2 is 2.15 bits per heavy atom. The van der Waals surface area contributed by atoms with Gasteiger partial charge in [-0.15, -0.1) is 0 Å². The van der Waals surface area contributed by atoms with Gasteiger partial charge in [-0.3, -0.25) is 0 Å². The molecule has 0 aliphatic rings. The molecule has 0 atom stereocenters. The first-order valence-electron chi connectivity index (χ1n) is 5.86. The van der Waals surface area contributed by atoms with Crippen LogP contribution >= 0.6 is 11.8 Å². The zero-order chi connectivity index (χ0) is 14.5. The van der Waals surface area contributed by atoms with Crippen molar-refractivity contribution in [2.45, 2.75) is 17.8 Å². The Kier molecular flexibility index (Phi) is 4.52. The number of pyridine rings is 1. The number of aromatic nitrogens is 3. The van der Waals surface area contributed by atoms with Gasteiger partial charge in [0.25, 0.3) is 0 Å². The molecule has 2 N–H and O–H groups in total. The molecule has 0 radical (unpaired) electrons. The van der Waals surface area contributed by atoms with Crippen molar-refractivity contribution in [2.75, 3.05) is 12.8 Å². The third kappa shape index (κ3) is 3.67. The van der Waals surface area contributed by atoms with E-state index in [0.29, 0.717) is 16.7 Å². The van der Waals surface area contributed by atoms with Crippen LogP contribution < -0.4 is 5.73 Å². The maximum atomic E-state index is 11.4. The monoisotopic (exact) mass is 290 g/mol. The smallest absolute Gasteiger partial charge is 0.356 e. The number of hydrogen-bond donors (Lipinski definition) is 1. The molecule has 0 aliphatic heterocycles. The summed E-state index contributed by atoms with van der Waals surface area (Å²) >= 11 is 1.41. The summed E-state index contributed by atoms with van der Waals surface area (Å²) in [4.78, 5) is 24.0. The topological polar surface area (TPSA) is 91.0 Å². The number of aryl methyl sites for hydroxylation is 1. The van der Waals surface area contributed by atoms with Crippen LogP contribution in [0.2, 0.25) is 0 Å². The average Bonchev–Trinajstić information content (AvgIpc) is 2.43. The van der Waals surface area contributed by atoms with Gasteiger partial charge >= 0.3 is 5.97 Å². The molecule has 2 aromatic heterocycles. The summed E-state index contributed by atoms with van der Waals surface area (Å²) in [5, 5.41) is 0.591. The lowest BCUT2D eigenvalue weighted by Crippen LogP contribution is -2.05. The largest absolute Gasteiger partial charge is 0.464 e. The Labute approximate surface area is 120 Å². The normalized spacial score (nSPS) is 10.3. The van der Waals surface area contributed by atoms with E-state index in [-0.39, 0.29) is 5.69 Å². The Morgan fingerprint density at radius 3 is 2.85 bits per heavy atom. The Balaban J connectivity index is 2.09. The lowest BCUT2D eigenvalue weighted by Gasteiger charge is -2.04. The second kappa shape index (κ2) is 6.33. The first-order valence-corrected chi connectivity index (χ1v) is 6.85. The van der Waals surface area contributed by atoms with Gasteiger partial charge < -0.3 is 10.5 Å². The van der Waals surface area contributed by atoms with Crippen molar-refractivity contribution in [3.8, 4) is 0 Å². The summed E-state index contributed by atoms with van der Waals surface area (Å²) < 4.78 is 4.64. The van der Waals surface area contributed by atoms with Gasteiger partial charge in [0.15, 0.2) is 5.16 Å².